The van der Waals surface area contributed by atoms with Crippen LogP contribution in [0.25, 0.3) is 11.1 Å². The maximum Gasteiger partial charge on any atom is 0.341 e. The Bertz CT molecular complexity index is 718. The molecule has 0 aliphatic heterocycles. The third-order valence-corrected chi connectivity index (χ3v) is 2.90. The zero-order valence-corrected chi connectivity index (χ0v) is 12.5. The lowest BCUT2D eigenvalue weighted by Crippen LogP contribution is -2.24. The van der Waals surface area contributed by atoms with Crippen molar-refractivity contribution in [1.29, 1.82) is 0 Å². The Morgan fingerprint density at radius 2 is 1.64 bits per heavy atom. The molecule has 0 aliphatic rings. The van der Waals surface area contributed by atoms with E-state index in [1.807, 2.05) is 0 Å². The normalized spacial score (nSPS) is 11.3. The van der Waals surface area contributed by atoms with Crippen LogP contribution < -0.4 is 0 Å². The number of ether oxygens (including phenoxy) is 1. The van der Waals surface area contributed by atoms with Crippen molar-refractivity contribution in [2.45, 2.75) is 26.4 Å². The fourth-order valence-corrected chi connectivity index (χ4v) is 1.95. The molecule has 0 amide bonds. The molecule has 0 bridgehead atoms. The zero-order valence-electron chi connectivity index (χ0n) is 12.5. The molecule has 0 saturated heterocycles. The molecular weight excluding hydrogens is 290 g/mol. The first-order chi connectivity index (χ1) is 10.2. The van der Waals surface area contributed by atoms with Gasteiger partial charge in [0, 0.05) is 11.1 Å². The Hall–Kier alpha value is -2.43. The van der Waals surface area contributed by atoms with Gasteiger partial charge >= 0.3 is 5.97 Å². The minimum atomic E-state index is -1.30. The van der Waals surface area contributed by atoms with E-state index >= 15 is 0 Å². The molecular formula is C17H16F2O3. The minimum absolute atomic E-state index is 0.122. The number of esters is 1. The number of phenolic OH excluding ortho intramolecular Hbond substituents is 1. The highest BCUT2D eigenvalue weighted by Crippen LogP contribution is 2.32. The zero-order chi connectivity index (χ0) is 16.5. The maximum absolute atomic E-state index is 14.2. The van der Waals surface area contributed by atoms with E-state index < -0.39 is 28.8 Å². The summed E-state index contributed by atoms with van der Waals surface area (Å²) in [6.07, 6.45) is 0. The lowest BCUT2D eigenvalue weighted by Gasteiger charge is -2.20. The number of para-hydroxylation sites is 1. The van der Waals surface area contributed by atoms with Crippen LogP contribution in [-0.4, -0.2) is 16.7 Å². The van der Waals surface area contributed by atoms with E-state index in [1.165, 1.54) is 18.2 Å². The molecule has 0 fully saturated rings. The summed E-state index contributed by atoms with van der Waals surface area (Å²) in [6.45, 7) is 4.90. The quantitative estimate of drug-likeness (QED) is 0.842. The van der Waals surface area contributed by atoms with E-state index in [2.05, 4.69) is 0 Å². The molecule has 3 nitrogen and oxygen atoms in total. The highest BCUT2D eigenvalue weighted by atomic mass is 19.2. The van der Waals surface area contributed by atoms with Crippen LogP contribution in [0.15, 0.2) is 36.4 Å². The minimum Gasteiger partial charge on any atom is -0.507 e. The predicted molar refractivity (Wildman–Crippen MR) is 78.6 cm³/mol. The molecule has 0 radical (unpaired) electrons. The number of hydrogen-bond acceptors (Lipinski definition) is 3. The molecule has 2 rings (SSSR count). The Morgan fingerprint density at radius 1 is 1.00 bits per heavy atom. The molecule has 0 unspecified atom stereocenters. The van der Waals surface area contributed by atoms with Crippen LogP contribution in [0.1, 0.15) is 31.1 Å². The predicted octanol–water partition coefficient (Wildman–Crippen LogP) is 4.29. The average Bonchev–Trinajstić information content (AvgIpc) is 2.41. The molecule has 0 aromatic heterocycles. The summed E-state index contributed by atoms with van der Waals surface area (Å²) >= 11 is 0. The molecule has 2 aromatic carbocycles. The molecule has 116 valence electrons. The Morgan fingerprint density at radius 3 is 2.23 bits per heavy atom. The molecule has 2 aromatic rings. The van der Waals surface area contributed by atoms with Gasteiger partial charge in [-0.2, -0.15) is 0 Å². The Balaban J connectivity index is 2.46. The summed E-state index contributed by atoms with van der Waals surface area (Å²) in [6, 6.07) is 8.38. The largest absolute Gasteiger partial charge is 0.507 e. The van der Waals surface area contributed by atoms with E-state index in [4.69, 9.17) is 4.74 Å². The summed E-state index contributed by atoms with van der Waals surface area (Å²) in [5.41, 5.74) is -1.26. The third kappa shape index (κ3) is 3.24. The summed E-state index contributed by atoms with van der Waals surface area (Å²) in [5.74, 6) is -3.61. The summed E-state index contributed by atoms with van der Waals surface area (Å²) in [7, 11) is 0. The molecule has 0 heterocycles. The van der Waals surface area contributed by atoms with Crippen LogP contribution in [0, 0.1) is 11.6 Å². The number of rotatable bonds is 2. The molecule has 0 aliphatic carbocycles. The van der Waals surface area contributed by atoms with Gasteiger partial charge in [-0.1, -0.05) is 24.3 Å². The Labute approximate surface area is 127 Å². The van der Waals surface area contributed by atoms with Gasteiger partial charge in [0.25, 0.3) is 0 Å². The molecule has 5 heteroatoms. The van der Waals surface area contributed by atoms with E-state index in [9.17, 15) is 18.7 Å². The monoisotopic (exact) mass is 306 g/mol. The number of halogens is 2. The van der Waals surface area contributed by atoms with Gasteiger partial charge in [-0.25, -0.2) is 13.6 Å². The Kier molecular flexibility index (Phi) is 4.17. The molecule has 0 atom stereocenters. The standard InChI is InChI=1S/C17H16F2O3/c1-17(2,3)22-16(21)12-9-8-11(14(18)15(12)19)10-6-4-5-7-13(10)20/h4-9,20H,1-3H3. The van der Waals surface area contributed by atoms with Crippen molar-refractivity contribution >= 4 is 5.97 Å². The second-order valence-corrected chi connectivity index (χ2v) is 5.81. The van der Waals surface area contributed by atoms with Gasteiger partial charge in [-0.3, -0.25) is 0 Å². The fraction of sp³-hybridized carbons (Fsp3) is 0.235. The van der Waals surface area contributed by atoms with Gasteiger partial charge in [-0.15, -0.1) is 0 Å². The average molecular weight is 306 g/mol. The summed E-state index contributed by atoms with van der Waals surface area (Å²) < 4.78 is 33.4. The first-order valence-electron chi connectivity index (χ1n) is 6.70. The van der Waals surface area contributed by atoms with Crippen molar-refractivity contribution in [3.63, 3.8) is 0 Å². The fourth-order valence-electron chi connectivity index (χ4n) is 1.95. The van der Waals surface area contributed by atoms with Crippen molar-refractivity contribution in [3.8, 4) is 16.9 Å². The van der Waals surface area contributed by atoms with E-state index in [0.29, 0.717) is 0 Å². The topological polar surface area (TPSA) is 46.5 Å². The van der Waals surface area contributed by atoms with Crippen LogP contribution >= 0.6 is 0 Å². The maximum atomic E-state index is 14.2. The van der Waals surface area contributed by atoms with E-state index in [0.717, 1.165) is 6.07 Å². The summed E-state index contributed by atoms with van der Waals surface area (Å²) in [4.78, 5) is 11.9. The second kappa shape index (κ2) is 5.75. The number of aromatic hydroxyl groups is 1. The van der Waals surface area contributed by atoms with Gasteiger partial charge in [-0.05, 0) is 32.9 Å². The first kappa shape index (κ1) is 15.9. The van der Waals surface area contributed by atoms with Crippen molar-refractivity contribution in [3.05, 3.63) is 53.6 Å². The molecule has 22 heavy (non-hydrogen) atoms. The van der Waals surface area contributed by atoms with Gasteiger partial charge < -0.3 is 9.84 Å². The smallest absolute Gasteiger partial charge is 0.341 e. The van der Waals surface area contributed by atoms with Gasteiger partial charge in [0.05, 0.1) is 5.56 Å². The first-order valence-corrected chi connectivity index (χ1v) is 6.70. The van der Waals surface area contributed by atoms with Crippen molar-refractivity contribution < 1.29 is 23.4 Å². The van der Waals surface area contributed by atoms with Crippen LogP contribution in [0.2, 0.25) is 0 Å². The van der Waals surface area contributed by atoms with Crippen LogP contribution in [-0.2, 0) is 4.74 Å². The number of phenols is 1. The number of hydrogen-bond donors (Lipinski definition) is 1. The van der Waals surface area contributed by atoms with Crippen molar-refractivity contribution in [2.75, 3.05) is 0 Å². The molecule has 0 saturated carbocycles. The second-order valence-electron chi connectivity index (χ2n) is 5.81. The number of carbonyl (C=O) groups excluding carboxylic acids is 1. The number of carbonyl (C=O) groups is 1. The van der Waals surface area contributed by atoms with Crippen LogP contribution in [0.3, 0.4) is 0 Å². The van der Waals surface area contributed by atoms with E-state index in [1.54, 1.807) is 32.9 Å². The van der Waals surface area contributed by atoms with Gasteiger partial charge in [0.2, 0.25) is 0 Å². The van der Waals surface area contributed by atoms with Crippen molar-refractivity contribution in [1.82, 2.24) is 0 Å². The van der Waals surface area contributed by atoms with Gasteiger partial charge in [0.1, 0.15) is 11.4 Å². The van der Waals surface area contributed by atoms with Crippen molar-refractivity contribution in [2.24, 2.45) is 0 Å². The highest BCUT2D eigenvalue weighted by molar-refractivity contribution is 5.91. The lowest BCUT2D eigenvalue weighted by molar-refractivity contribution is 0.00637. The summed E-state index contributed by atoms with van der Waals surface area (Å²) in [5, 5.41) is 9.73. The number of benzene rings is 2. The SMILES string of the molecule is CC(C)(C)OC(=O)c1ccc(-c2ccccc2O)c(F)c1F. The molecule has 1 N–H and O–H groups in total. The van der Waals surface area contributed by atoms with Crippen LogP contribution in [0.5, 0.6) is 5.75 Å². The van der Waals surface area contributed by atoms with Gasteiger partial charge in [0.15, 0.2) is 11.6 Å². The molecule has 0 spiro atoms. The van der Waals surface area contributed by atoms with E-state index in [-0.39, 0.29) is 16.9 Å². The van der Waals surface area contributed by atoms with Crippen LogP contribution in [0.4, 0.5) is 8.78 Å². The third-order valence-electron chi connectivity index (χ3n) is 2.90. The highest BCUT2D eigenvalue weighted by Gasteiger charge is 2.24. The lowest BCUT2D eigenvalue weighted by atomic mass is 10.0.